The minimum atomic E-state index is 0.671. The summed E-state index contributed by atoms with van der Waals surface area (Å²) in [6.45, 7) is 0. The molecular formula is C17H12N6S. The molecule has 0 aromatic carbocycles. The molecule has 6 nitrogen and oxygen atoms in total. The van der Waals surface area contributed by atoms with Crippen molar-refractivity contribution in [2.75, 3.05) is 5.32 Å². The Morgan fingerprint density at radius 2 is 1.75 bits per heavy atom. The Balaban J connectivity index is 1.61. The number of pyridine rings is 2. The van der Waals surface area contributed by atoms with Crippen molar-refractivity contribution in [3.8, 4) is 21.7 Å². The molecule has 0 radical (unpaired) electrons. The topological polar surface area (TPSA) is 76.5 Å². The number of rotatable bonds is 4. The summed E-state index contributed by atoms with van der Waals surface area (Å²) in [4.78, 5) is 22.2. The molecule has 0 saturated heterocycles. The maximum Gasteiger partial charge on any atom is 0.188 e. The Morgan fingerprint density at radius 3 is 2.58 bits per heavy atom. The fourth-order valence-electron chi connectivity index (χ4n) is 2.19. The van der Waals surface area contributed by atoms with Crippen LogP contribution in [-0.4, -0.2) is 24.9 Å². The van der Waals surface area contributed by atoms with Crippen LogP contribution in [0.15, 0.2) is 67.6 Å². The number of nitrogens with zero attached hydrogens (tertiary/aromatic N) is 5. The molecule has 116 valence electrons. The normalized spacial score (nSPS) is 10.5. The second kappa shape index (κ2) is 6.51. The molecule has 0 fully saturated rings. The van der Waals surface area contributed by atoms with Gasteiger partial charge in [0.2, 0.25) is 0 Å². The second-order valence-electron chi connectivity index (χ2n) is 4.92. The number of hydrogen-bond donors (Lipinski definition) is 1. The van der Waals surface area contributed by atoms with Gasteiger partial charge in [0.15, 0.2) is 10.9 Å². The monoisotopic (exact) mass is 332 g/mol. The maximum atomic E-state index is 4.42. The van der Waals surface area contributed by atoms with Gasteiger partial charge in [-0.2, -0.15) is 0 Å². The van der Waals surface area contributed by atoms with Crippen molar-refractivity contribution >= 4 is 22.3 Å². The Morgan fingerprint density at radius 1 is 0.792 bits per heavy atom. The summed E-state index contributed by atoms with van der Waals surface area (Å²) in [5.41, 5.74) is 2.94. The predicted octanol–water partition coefficient (Wildman–Crippen LogP) is 3.80. The van der Waals surface area contributed by atoms with Crippen LogP contribution < -0.4 is 5.32 Å². The number of hydrogen-bond acceptors (Lipinski definition) is 7. The van der Waals surface area contributed by atoms with Gasteiger partial charge in [-0.05, 0) is 29.8 Å². The molecular weight excluding hydrogens is 320 g/mol. The smallest absolute Gasteiger partial charge is 0.188 e. The van der Waals surface area contributed by atoms with Gasteiger partial charge in [0.05, 0.1) is 16.8 Å². The zero-order valence-electron chi connectivity index (χ0n) is 12.5. The Hall–Kier alpha value is -3.19. The quantitative estimate of drug-likeness (QED) is 0.612. The van der Waals surface area contributed by atoms with Gasteiger partial charge in [0.1, 0.15) is 0 Å². The van der Waals surface area contributed by atoms with E-state index in [1.807, 2.05) is 30.5 Å². The van der Waals surface area contributed by atoms with E-state index in [9.17, 15) is 0 Å². The van der Waals surface area contributed by atoms with Crippen molar-refractivity contribution in [3.63, 3.8) is 0 Å². The lowest BCUT2D eigenvalue weighted by Crippen LogP contribution is -1.92. The van der Waals surface area contributed by atoms with Gasteiger partial charge in [-0.1, -0.05) is 11.3 Å². The first-order chi connectivity index (χ1) is 11.9. The summed E-state index contributed by atoms with van der Waals surface area (Å²) < 4.78 is 0. The van der Waals surface area contributed by atoms with Gasteiger partial charge in [-0.25, -0.2) is 9.97 Å². The van der Waals surface area contributed by atoms with Crippen molar-refractivity contribution < 1.29 is 0 Å². The van der Waals surface area contributed by atoms with Crippen molar-refractivity contribution in [2.45, 2.75) is 0 Å². The van der Waals surface area contributed by atoms with Gasteiger partial charge >= 0.3 is 0 Å². The highest BCUT2D eigenvalue weighted by atomic mass is 32.1. The van der Waals surface area contributed by atoms with E-state index in [2.05, 4.69) is 30.2 Å². The lowest BCUT2D eigenvalue weighted by atomic mass is 10.1. The maximum absolute atomic E-state index is 4.42. The molecule has 0 amide bonds. The molecule has 0 aliphatic carbocycles. The lowest BCUT2D eigenvalue weighted by molar-refractivity contribution is 1.19. The van der Waals surface area contributed by atoms with Crippen molar-refractivity contribution in [1.29, 1.82) is 0 Å². The van der Waals surface area contributed by atoms with Crippen LogP contribution in [0.1, 0.15) is 0 Å². The summed E-state index contributed by atoms with van der Waals surface area (Å²) in [7, 11) is 0. The Labute approximate surface area is 142 Å². The molecule has 0 aliphatic rings. The summed E-state index contributed by atoms with van der Waals surface area (Å²) in [5.74, 6) is 0.671. The number of anilines is 2. The van der Waals surface area contributed by atoms with Crippen molar-refractivity contribution in [3.05, 3.63) is 67.6 Å². The molecule has 7 heteroatoms. The molecule has 4 aromatic heterocycles. The van der Waals surface area contributed by atoms with Crippen LogP contribution in [0, 0.1) is 0 Å². The van der Waals surface area contributed by atoms with Crippen LogP contribution in [0.3, 0.4) is 0 Å². The average molecular weight is 332 g/mol. The third kappa shape index (κ3) is 3.11. The first-order valence-electron chi connectivity index (χ1n) is 7.24. The molecule has 0 aliphatic heterocycles. The van der Waals surface area contributed by atoms with E-state index in [1.165, 1.54) is 0 Å². The highest BCUT2D eigenvalue weighted by Crippen LogP contribution is 2.31. The fraction of sp³-hybridized carbons (Fsp3) is 0. The van der Waals surface area contributed by atoms with E-state index in [4.69, 9.17) is 0 Å². The van der Waals surface area contributed by atoms with Gasteiger partial charge in [-0.15, -0.1) is 0 Å². The van der Waals surface area contributed by atoms with E-state index in [-0.39, 0.29) is 0 Å². The highest BCUT2D eigenvalue weighted by Gasteiger charge is 2.07. The summed E-state index contributed by atoms with van der Waals surface area (Å²) >= 11 is 1.55. The lowest BCUT2D eigenvalue weighted by Gasteiger charge is -2.02. The average Bonchev–Trinajstić information content (AvgIpc) is 3.12. The SMILES string of the molecule is c1cncc(-c2cc(-c3cnc(Nc4cnccn4)s3)ccn2)c1. The molecule has 24 heavy (non-hydrogen) atoms. The fourth-order valence-corrected chi connectivity index (χ4v) is 3.01. The van der Waals surface area contributed by atoms with Crippen LogP contribution >= 0.6 is 11.3 Å². The third-order valence-electron chi connectivity index (χ3n) is 3.31. The number of aromatic nitrogens is 5. The number of thiazole rings is 1. The van der Waals surface area contributed by atoms with Crippen LogP contribution in [0.4, 0.5) is 10.9 Å². The second-order valence-corrected chi connectivity index (χ2v) is 5.95. The third-order valence-corrected chi connectivity index (χ3v) is 4.27. The highest BCUT2D eigenvalue weighted by molar-refractivity contribution is 7.18. The molecule has 4 aromatic rings. The molecule has 0 atom stereocenters. The molecule has 0 unspecified atom stereocenters. The zero-order valence-corrected chi connectivity index (χ0v) is 13.3. The van der Waals surface area contributed by atoms with E-state index in [0.29, 0.717) is 5.82 Å². The van der Waals surface area contributed by atoms with Crippen LogP contribution in [0.2, 0.25) is 0 Å². The van der Waals surface area contributed by atoms with E-state index < -0.39 is 0 Å². The molecule has 4 heterocycles. The van der Waals surface area contributed by atoms with Gasteiger partial charge in [0.25, 0.3) is 0 Å². The van der Waals surface area contributed by atoms with Crippen LogP contribution in [0.25, 0.3) is 21.7 Å². The van der Waals surface area contributed by atoms with E-state index in [0.717, 1.165) is 26.8 Å². The molecule has 4 rings (SSSR count). The zero-order chi connectivity index (χ0) is 16.2. The molecule has 0 spiro atoms. The van der Waals surface area contributed by atoms with Crippen molar-refractivity contribution in [2.24, 2.45) is 0 Å². The van der Waals surface area contributed by atoms with E-state index >= 15 is 0 Å². The number of nitrogens with one attached hydrogen (secondary N) is 1. The van der Waals surface area contributed by atoms with Gasteiger partial charge in [0, 0.05) is 42.7 Å². The predicted molar refractivity (Wildman–Crippen MR) is 93.9 cm³/mol. The van der Waals surface area contributed by atoms with Crippen LogP contribution in [-0.2, 0) is 0 Å². The Kier molecular flexibility index (Phi) is 3.91. The summed E-state index contributed by atoms with van der Waals surface area (Å²) in [5, 5.41) is 3.92. The molecule has 0 saturated carbocycles. The van der Waals surface area contributed by atoms with Gasteiger partial charge < -0.3 is 5.32 Å². The van der Waals surface area contributed by atoms with E-state index in [1.54, 1.807) is 48.5 Å². The summed E-state index contributed by atoms with van der Waals surface area (Å²) in [6, 6.07) is 7.91. The van der Waals surface area contributed by atoms with Gasteiger partial charge in [-0.3, -0.25) is 15.0 Å². The standard InChI is InChI=1S/C17H12N6S/c1-2-13(9-18-4-1)14-8-12(3-5-20-14)15-10-22-17(24-15)23-16-11-19-6-7-21-16/h1-11H,(H,21,22,23). The summed E-state index contributed by atoms with van der Waals surface area (Å²) in [6.07, 6.45) is 12.1. The minimum Gasteiger partial charge on any atom is -0.315 e. The first kappa shape index (κ1) is 14.4. The Bertz CT molecular complexity index is 939. The molecule has 1 N–H and O–H groups in total. The van der Waals surface area contributed by atoms with Crippen LogP contribution in [0.5, 0.6) is 0 Å². The minimum absolute atomic E-state index is 0.671. The molecule has 0 bridgehead atoms. The van der Waals surface area contributed by atoms with Crippen molar-refractivity contribution in [1.82, 2.24) is 24.9 Å². The largest absolute Gasteiger partial charge is 0.315 e. The first-order valence-corrected chi connectivity index (χ1v) is 8.06.